The zero-order valence-electron chi connectivity index (χ0n) is 19.0. The molecule has 7 heteroatoms. The number of aliphatic imine (C=N–C) groups is 1. The standard InChI is InChI=1S/C24H31N3O4/c1-23(2,3)27(20(25-21(28)29)26-22(30)31-24(4,5)6)16-18-14-10-11-15-19(18)17-12-8-7-9-13-17/h7-15H,16H2,1-6H3,(H,28,29)(H,25,26,30). The van der Waals surface area contributed by atoms with E-state index in [1.54, 1.807) is 25.7 Å². The van der Waals surface area contributed by atoms with Gasteiger partial charge in [-0.1, -0.05) is 54.6 Å². The number of ether oxygens (including phenoxy) is 1. The Morgan fingerprint density at radius 2 is 1.55 bits per heavy atom. The Kier molecular flexibility index (Phi) is 7.44. The molecule has 0 aliphatic rings. The molecule has 2 rings (SSSR count). The smallest absolute Gasteiger partial charge is 0.437 e. The Hall–Kier alpha value is -3.35. The molecule has 0 saturated carbocycles. The third kappa shape index (κ3) is 7.44. The van der Waals surface area contributed by atoms with E-state index in [9.17, 15) is 14.7 Å². The lowest BCUT2D eigenvalue weighted by Crippen LogP contribution is -2.52. The van der Waals surface area contributed by atoms with Crippen LogP contribution in [0, 0.1) is 0 Å². The molecule has 0 aliphatic heterocycles. The van der Waals surface area contributed by atoms with Crippen molar-refractivity contribution in [3.05, 3.63) is 60.2 Å². The van der Waals surface area contributed by atoms with E-state index in [2.05, 4.69) is 10.3 Å². The van der Waals surface area contributed by atoms with Crippen molar-refractivity contribution in [3.8, 4) is 11.1 Å². The van der Waals surface area contributed by atoms with Crippen molar-refractivity contribution >= 4 is 18.1 Å². The van der Waals surface area contributed by atoms with E-state index in [0.29, 0.717) is 6.54 Å². The summed E-state index contributed by atoms with van der Waals surface area (Å²) in [6.45, 7) is 11.3. The number of carboxylic acid groups (broad SMARTS) is 1. The molecule has 0 fully saturated rings. The summed E-state index contributed by atoms with van der Waals surface area (Å²) < 4.78 is 5.27. The summed E-state index contributed by atoms with van der Waals surface area (Å²) >= 11 is 0. The molecule has 2 aromatic rings. The number of nitrogens with zero attached hydrogens (tertiary/aromatic N) is 2. The lowest BCUT2D eigenvalue weighted by atomic mass is 9.97. The highest BCUT2D eigenvalue weighted by atomic mass is 16.6. The summed E-state index contributed by atoms with van der Waals surface area (Å²) in [5, 5.41) is 11.6. The fourth-order valence-electron chi connectivity index (χ4n) is 2.98. The van der Waals surface area contributed by atoms with Gasteiger partial charge >= 0.3 is 12.2 Å². The maximum Gasteiger partial charge on any atom is 0.437 e. The van der Waals surface area contributed by atoms with Gasteiger partial charge in [-0.3, -0.25) is 5.32 Å². The lowest BCUT2D eigenvalue weighted by molar-refractivity contribution is 0.0599. The number of hydrogen-bond acceptors (Lipinski definition) is 3. The van der Waals surface area contributed by atoms with Crippen LogP contribution in [0.4, 0.5) is 9.59 Å². The van der Waals surface area contributed by atoms with E-state index in [1.807, 2.05) is 75.4 Å². The fourth-order valence-corrected chi connectivity index (χ4v) is 2.98. The van der Waals surface area contributed by atoms with E-state index in [-0.39, 0.29) is 5.96 Å². The van der Waals surface area contributed by atoms with Crippen LogP contribution in [-0.4, -0.2) is 39.3 Å². The van der Waals surface area contributed by atoms with Crippen molar-refractivity contribution < 1.29 is 19.4 Å². The Morgan fingerprint density at radius 1 is 0.968 bits per heavy atom. The number of rotatable bonds is 3. The molecule has 0 unspecified atom stereocenters. The molecule has 2 amide bonds. The van der Waals surface area contributed by atoms with E-state index in [1.165, 1.54) is 0 Å². The predicted octanol–water partition coefficient (Wildman–Crippen LogP) is 5.51. The highest BCUT2D eigenvalue weighted by Gasteiger charge is 2.29. The monoisotopic (exact) mass is 425 g/mol. The van der Waals surface area contributed by atoms with Gasteiger partial charge in [-0.25, -0.2) is 9.59 Å². The van der Waals surface area contributed by atoms with Crippen molar-refractivity contribution in [2.24, 2.45) is 4.99 Å². The van der Waals surface area contributed by atoms with Gasteiger partial charge in [0.25, 0.3) is 0 Å². The molecule has 0 atom stereocenters. The van der Waals surface area contributed by atoms with Gasteiger partial charge in [-0.15, -0.1) is 4.99 Å². The second-order valence-electron chi connectivity index (χ2n) is 9.13. The number of carbonyl (C=O) groups excluding carboxylic acids is 1. The highest BCUT2D eigenvalue weighted by molar-refractivity contribution is 5.98. The van der Waals surface area contributed by atoms with Crippen LogP contribution in [0.1, 0.15) is 47.1 Å². The Labute approximate surface area is 183 Å². The predicted molar refractivity (Wildman–Crippen MR) is 122 cm³/mol. The summed E-state index contributed by atoms with van der Waals surface area (Å²) in [7, 11) is 0. The van der Waals surface area contributed by atoms with E-state index in [0.717, 1.165) is 16.7 Å². The first-order valence-corrected chi connectivity index (χ1v) is 10.1. The van der Waals surface area contributed by atoms with E-state index < -0.39 is 23.3 Å². The normalized spacial score (nSPS) is 12.3. The Morgan fingerprint density at radius 3 is 2.10 bits per heavy atom. The fraction of sp³-hybridized carbons (Fsp3) is 0.375. The molecule has 0 bridgehead atoms. The average molecular weight is 426 g/mol. The number of guanidine groups is 1. The number of carbonyl (C=O) groups is 2. The molecule has 2 N–H and O–H groups in total. The third-order valence-corrected chi connectivity index (χ3v) is 4.31. The molecule has 7 nitrogen and oxygen atoms in total. The van der Waals surface area contributed by atoms with Gasteiger partial charge in [-0.05, 0) is 58.2 Å². The van der Waals surface area contributed by atoms with Crippen LogP contribution in [0.5, 0.6) is 0 Å². The first-order chi connectivity index (χ1) is 14.4. The topological polar surface area (TPSA) is 91.2 Å². The summed E-state index contributed by atoms with van der Waals surface area (Å²) in [5.41, 5.74) is 1.73. The van der Waals surface area contributed by atoms with Crippen molar-refractivity contribution in [1.82, 2.24) is 10.2 Å². The maximum atomic E-state index is 12.4. The molecule has 2 aromatic carbocycles. The molecular formula is C24H31N3O4. The second-order valence-corrected chi connectivity index (χ2v) is 9.13. The van der Waals surface area contributed by atoms with Crippen LogP contribution in [0.15, 0.2) is 59.6 Å². The van der Waals surface area contributed by atoms with Crippen molar-refractivity contribution in [1.29, 1.82) is 0 Å². The van der Waals surface area contributed by atoms with Crippen LogP contribution < -0.4 is 5.32 Å². The van der Waals surface area contributed by atoms with Gasteiger partial charge in [0.15, 0.2) is 0 Å². The van der Waals surface area contributed by atoms with Crippen LogP contribution in [-0.2, 0) is 11.3 Å². The van der Waals surface area contributed by atoms with Crippen molar-refractivity contribution in [2.45, 2.75) is 59.2 Å². The molecule has 166 valence electrons. The maximum absolute atomic E-state index is 12.4. The van der Waals surface area contributed by atoms with Crippen LogP contribution >= 0.6 is 0 Å². The molecule has 0 spiro atoms. The number of amides is 2. The Balaban J connectivity index is 2.49. The first kappa shape index (κ1) is 23.9. The molecule has 0 aliphatic carbocycles. The summed E-state index contributed by atoms with van der Waals surface area (Å²) in [6, 6.07) is 17.8. The van der Waals surface area contributed by atoms with Crippen molar-refractivity contribution in [3.63, 3.8) is 0 Å². The zero-order chi connectivity index (χ0) is 23.2. The number of benzene rings is 2. The van der Waals surface area contributed by atoms with E-state index in [4.69, 9.17) is 4.74 Å². The van der Waals surface area contributed by atoms with Crippen LogP contribution in [0.3, 0.4) is 0 Å². The van der Waals surface area contributed by atoms with Crippen molar-refractivity contribution in [2.75, 3.05) is 0 Å². The molecule has 0 saturated heterocycles. The second kappa shape index (κ2) is 9.64. The summed E-state index contributed by atoms with van der Waals surface area (Å²) in [4.78, 5) is 29.5. The van der Waals surface area contributed by atoms with Gasteiger partial charge in [0.2, 0.25) is 5.96 Å². The minimum atomic E-state index is -1.31. The quantitative estimate of drug-likeness (QED) is 0.500. The highest BCUT2D eigenvalue weighted by Crippen LogP contribution is 2.27. The first-order valence-electron chi connectivity index (χ1n) is 10.1. The van der Waals surface area contributed by atoms with Gasteiger partial charge in [-0.2, -0.15) is 0 Å². The molecule has 0 heterocycles. The average Bonchev–Trinajstić information content (AvgIpc) is 2.64. The van der Waals surface area contributed by atoms with Gasteiger partial charge in [0.05, 0.1) is 0 Å². The number of nitrogens with one attached hydrogen (secondary N) is 1. The Bertz CT molecular complexity index is 941. The number of hydrogen-bond donors (Lipinski definition) is 2. The van der Waals surface area contributed by atoms with Gasteiger partial charge in [0.1, 0.15) is 5.60 Å². The summed E-state index contributed by atoms with van der Waals surface area (Å²) in [5.74, 6) is -0.0860. The minimum absolute atomic E-state index is 0.0860. The summed E-state index contributed by atoms with van der Waals surface area (Å²) in [6.07, 6.45) is -2.17. The van der Waals surface area contributed by atoms with Gasteiger partial charge in [0, 0.05) is 12.1 Å². The van der Waals surface area contributed by atoms with Gasteiger partial charge < -0.3 is 14.7 Å². The van der Waals surface area contributed by atoms with E-state index >= 15 is 0 Å². The molecule has 0 aromatic heterocycles. The lowest BCUT2D eigenvalue weighted by Gasteiger charge is -2.38. The van der Waals surface area contributed by atoms with Crippen LogP contribution in [0.25, 0.3) is 11.1 Å². The third-order valence-electron chi connectivity index (χ3n) is 4.31. The largest absolute Gasteiger partial charge is 0.465 e. The molecule has 0 radical (unpaired) electrons. The SMILES string of the molecule is CC(C)(C)OC(=O)N=C(NC(=O)O)N(Cc1ccccc1-c1ccccc1)C(C)(C)C. The van der Waals surface area contributed by atoms with Crippen LogP contribution in [0.2, 0.25) is 0 Å². The molecular weight excluding hydrogens is 394 g/mol. The molecule has 31 heavy (non-hydrogen) atoms. The zero-order valence-corrected chi connectivity index (χ0v) is 19.0. The minimum Gasteiger partial charge on any atom is -0.465 e.